The van der Waals surface area contributed by atoms with E-state index in [2.05, 4.69) is 0 Å². The van der Waals surface area contributed by atoms with Crippen molar-refractivity contribution in [1.82, 2.24) is 0 Å². The molecule has 92 valence electrons. The number of ether oxygens (including phenoxy) is 1. The van der Waals surface area contributed by atoms with E-state index in [1.54, 1.807) is 6.92 Å². The van der Waals surface area contributed by atoms with E-state index in [1.165, 1.54) is 0 Å². The van der Waals surface area contributed by atoms with Gasteiger partial charge in [0.15, 0.2) is 0 Å². The number of esters is 1. The van der Waals surface area contributed by atoms with Gasteiger partial charge in [0.25, 0.3) is 0 Å². The molecule has 1 aromatic rings. The molecule has 5 heteroatoms. The Kier molecular flexibility index (Phi) is 2.91. The summed E-state index contributed by atoms with van der Waals surface area (Å²) in [5, 5.41) is 17.9. The Labute approximate surface area is 104 Å². The van der Waals surface area contributed by atoms with Crippen LogP contribution in [0.2, 0.25) is 0 Å². The van der Waals surface area contributed by atoms with Crippen LogP contribution in [-0.2, 0) is 4.74 Å². The van der Waals surface area contributed by atoms with Crippen LogP contribution in [0.25, 0.3) is 0 Å². The number of carbonyl (C=O) groups excluding carboxylic acids is 1. The summed E-state index contributed by atoms with van der Waals surface area (Å²) < 4.78 is 34.8. The molecule has 1 atom stereocenters. The van der Waals surface area contributed by atoms with Gasteiger partial charge in [-0.25, -0.2) is 9.59 Å². The highest BCUT2D eigenvalue weighted by Crippen LogP contribution is 2.11. The summed E-state index contributed by atoms with van der Waals surface area (Å²) in [7, 11) is 0. The lowest BCUT2D eigenvalue weighted by Crippen LogP contribution is -2.17. The topological polar surface area (TPSA) is 83.8 Å². The van der Waals surface area contributed by atoms with Gasteiger partial charge in [-0.1, -0.05) is 19.0 Å². The van der Waals surface area contributed by atoms with Gasteiger partial charge >= 0.3 is 11.9 Å². The number of hydrogen-bond donors (Lipinski definition) is 2. The smallest absolute Gasteiger partial charge is 0.339 e. The first-order chi connectivity index (χ1) is 9.72. The molecule has 2 N–H and O–H groups in total. The Balaban J connectivity index is 3.34. The highest BCUT2D eigenvalue weighted by Gasteiger charge is 2.17. The molecule has 0 bridgehead atoms. The zero-order chi connectivity index (χ0) is 16.3. The van der Waals surface area contributed by atoms with Crippen LogP contribution in [0.5, 0.6) is 0 Å². The lowest BCUT2D eigenvalue weighted by Gasteiger charge is -2.10. The minimum atomic E-state index is -1.65. The summed E-state index contributed by atoms with van der Waals surface area (Å²) in [6.07, 6.45) is 0. The fraction of sp³-hybridized carbons (Fsp3) is 0.333. The van der Waals surface area contributed by atoms with Crippen LogP contribution < -0.4 is 0 Å². The number of rotatable bonds is 5. The highest BCUT2D eigenvalue weighted by atomic mass is 16.5. The average molecular weight is 242 g/mol. The van der Waals surface area contributed by atoms with Gasteiger partial charge in [0.05, 0.1) is 23.2 Å². The van der Waals surface area contributed by atoms with Crippen LogP contribution in [0.3, 0.4) is 0 Å². The molecule has 5 nitrogen and oxygen atoms in total. The molecule has 0 heterocycles. The first-order valence-electron chi connectivity index (χ1n) is 6.83. The quantitative estimate of drug-likeness (QED) is 0.757. The van der Waals surface area contributed by atoms with Gasteiger partial charge in [-0.05, 0) is 12.1 Å². The molecule has 0 fully saturated rings. The zero-order valence-electron chi connectivity index (χ0n) is 13.1. The third kappa shape index (κ3) is 3.57. The SMILES string of the molecule is [2H]c1c([2H])c([2H])c(C(=O)OCC(C)CO)c(C(=O)O)c1[2H]. The minimum absolute atomic E-state index is 0.197. The first-order valence-corrected chi connectivity index (χ1v) is 4.83. The van der Waals surface area contributed by atoms with Gasteiger partial charge in [0, 0.05) is 12.5 Å². The van der Waals surface area contributed by atoms with E-state index < -0.39 is 47.2 Å². The molecule has 17 heavy (non-hydrogen) atoms. The third-order valence-corrected chi connectivity index (χ3v) is 1.92. The molecule has 1 unspecified atom stereocenters. The minimum Gasteiger partial charge on any atom is -0.478 e. The fourth-order valence-electron chi connectivity index (χ4n) is 0.969. The molecular weight excluding hydrogens is 224 g/mol. The first kappa shape index (κ1) is 8.25. The molecule has 1 aromatic carbocycles. The molecule has 0 saturated heterocycles. The molecule has 0 saturated carbocycles. The van der Waals surface area contributed by atoms with Crippen molar-refractivity contribution in [2.24, 2.45) is 5.92 Å². The Hall–Kier alpha value is -1.88. The molecule has 0 radical (unpaired) electrons. The van der Waals surface area contributed by atoms with Crippen molar-refractivity contribution < 1.29 is 30.0 Å². The number of aromatic carboxylic acids is 1. The van der Waals surface area contributed by atoms with Crippen molar-refractivity contribution in [2.75, 3.05) is 13.2 Å². The predicted octanol–water partition coefficient (Wildman–Crippen LogP) is 1.17. The monoisotopic (exact) mass is 242 g/mol. The van der Waals surface area contributed by atoms with Crippen LogP contribution in [0.4, 0.5) is 0 Å². The summed E-state index contributed by atoms with van der Waals surface area (Å²) in [6, 6.07) is -3.04. The van der Waals surface area contributed by atoms with Crippen molar-refractivity contribution in [2.45, 2.75) is 6.92 Å². The maximum atomic E-state index is 11.9. The van der Waals surface area contributed by atoms with E-state index in [1.807, 2.05) is 0 Å². The van der Waals surface area contributed by atoms with Gasteiger partial charge in [0.2, 0.25) is 0 Å². The molecule has 0 spiro atoms. The molecular formula is C12H14O5. The summed E-state index contributed by atoms with van der Waals surface area (Å²) in [4.78, 5) is 23.1. The highest BCUT2D eigenvalue weighted by molar-refractivity contribution is 6.02. The van der Waals surface area contributed by atoms with Crippen LogP contribution >= 0.6 is 0 Å². The van der Waals surface area contributed by atoms with Crippen molar-refractivity contribution in [3.05, 3.63) is 35.3 Å². The number of aliphatic hydroxyl groups excluding tert-OH is 1. The second kappa shape index (κ2) is 6.00. The van der Waals surface area contributed by atoms with Crippen LogP contribution in [0, 0.1) is 5.92 Å². The van der Waals surface area contributed by atoms with E-state index in [0.717, 1.165) is 0 Å². The zero-order valence-corrected chi connectivity index (χ0v) is 9.11. The maximum absolute atomic E-state index is 11.9. The Morgan fingerprint density at radius 1 is 1.41 bits per heavy atom. The molecule has 0 aliphatic rings. The van der Waals surface area contributed by atoms with E-state index in [9.17, 15) is 9.59 Å². The molecule has 0 aliphatic heterocycles. The molecule has 1 rings (SSSR count). The summed E-state index contributed by atoms with van der Waals surface area (Å²) in [6.45, 7) is 1.15. The largest absolute Gasteiger partial charge is 0.478 e. The number of carboxylic acid groups (broad SMARTS) is 1. The van der Waals surface area contributed by atoms with Crippen molar-refractivity contribution in [1.29, 1.82) is 0 Å². The molecule has 0 aromatic heterocycles. The van der Waals surface area contributed by atoms with Gasteiger partial charge in [0.1, 0.15) is 0 Å². The Bertz CT molecular complexity index is 588. The molecule has 0 amide bonds. The number of benzene rings is 1. The van der Waals surface area contributed by atoms with Gasteiger partial charge in [-0.15, -0.1) is 0 Å². The van der Waals surface area contributed by atoms with Crippen molar-refractivity contribution in [3.63, 3.8) is 0 Å². The second-order valence-electron chi connectivity index (χ2n) is 3.44. The van der Waals surface area contributed by atoms with E-state index in [4.69, 9.17) is 20.4 Å². The number of hydrogen-bond acceptors (Lipinski definition) is 4. The van der Waals surface area contributed by atoms with Crippen molar-refractivity contribution >= 4 is 11.9 Å². The van der Waals surface area contributed by atoms with E-state index in [-0.39, 0.29) is 19.1 Å². The fourth-order valence-corrected chi connectivity index (χ4v) is 0.969. The third-order valence-electron chi connectivity index (χ3n) is 1.92. The van der Waals surface area contributed by atoms with Crippen molar-refractivity contribution in [3.8, 4) is 0 Å². The Morgan fingerprint density at radius 2 is 2.00 bits per heavy atom. The number of carboxylic acids is 1. The lowest BCUT2D eigenvalue weighted by atomic mass is 10.1. The molecule has 0 aliphatic carbocycles. The predicted molar refractivity (Wildman–Crippen MR) is 59.9 cm³/mol. The number of carbonyl (C=O) groups is 2. The average Bonchev–Trinajstić information content (AvgIpc) is 2.45. The van der Waals surface area contributed by atoms with Crippen LogP contribution in [0.15, 0.2) is 24.2 Å². The summed E-state index contributed by atoms with van der Waals surface area (Å²) >= 11 is 0. The standard InChI is InChI=1S/C12H14O5/c1-8(6-13)7-17-12(16)10-5-3-2-4-9(10)11(14)15/h2-5,8,13H,6-7H2,1H3,(H,14,15)/i2D,3D,4D,5D. The van der Waals surface area contributed by atoms with Gasteiger partial charge in [-0.3, -0.25) is 0 Å². The van der Waals surface area contributed by atoms with Crippen LogP contribution in [0.1, 0.15) is 33.1 Å². The number of aliphatic hydroxyl groups is 1. The second-order valence-corrected chi connectivity index (χ2v) is 3.44. The lowest BCUT2D eigenvalue weighted by molar-refractivity contribution is 0.0398. The van der Waals surface area contributed by atoms with E-state index >= 15 is 0 Å². The summed E-state index contributed by atoms with van der Waals surface area (Å²) in [5.41, 5.74) is -1.55. The van der Waals surface area contributed by atoms with Gasteiger partial charge < -0.3 is 14.9 Å². The Morgan fingerprint density at radius 3 is 2.53 bits per heavy atom. The van der Waals surface area contributed by atoms with E-state index in [0.29, 0.717) is 0 Å². The maximum Gasteiger partial charge on any atom is 0.339 e. The van der Waals surface area contributed by atoms with Gasteiger partial charge in [-0.2, -0.15) is 0 Å². The summed E-state index contributed by atoms with van der Waals surface area (Å²) in [5.74, 6) is -3.19. The van der Waals surface area contributed by atoms with Crippen LogP contribution in [-0.4, -0.2) is 35.4 Å². The normalized spacial score (nSPS) is 15.2.